The number of aromatic nitrogens is 4. The lowest BCUT2D eigenvalue weighted by atomic mass is 9.66. The van der Waals surface area contributed by atoms with E-state index >= 15 is 0 Å². The first-order chi connectivity index (χ1) is 15.2. The number of methoxy groups -OCH3 is 1. The van der Waals surface area contributed by atoms with Gasteiger partial charge in [0.1, 0.15) is 48.8 Å². The molecule has 0 fully saturated rings. The van der Waals surface area contributed by atoms with E-state index in [1.165, 1.54) is 0 Å². The van der Waals surface area contributed by atoms with Crippen molar-refractivity contribution in [1.29, 1.82) is 0 Å². The molecule has 0 aliphatic rings. The van der Waals surface area contributed by atoms with Gasteiger partial charge in [-0.2, -0.15) is 0 Å². The zero-order valence-electron chi connectivity index (χ0n) is 19.5. The highest BCUT2D eigenvalue weighted by Crippen LogP contribution is 2.22. The van der Waals surface area contributed by atoms with Crippen LogP contribution in [0.5, 0.6) is 5.75 Å². The van der Waals surface area contributed by atoms with Crippen LogP contribution in [0.2, 0.25) is 0 Å². The number of nitrogens with zero attached hydrogens (tertiary/aromatic N) is 4. The molecule has 0 unspecified atom stereocenters. The third kappa shape index (κ3) is 3.57. The fraction of sp³-hybridized carbons (Fsp3) is 0.143. The highest BCUT2D eigenvalue weighted by molar-refractivity contribution is 6.61. The summed E-state index contributed by atoms with van der Waals surface area (Å²) in [6.45, 7) is 1.95. The van der Waals surface area contributed by atoms with Crippen molar-refractivity contribution in [3.8, 4) is 17.1 Å². The summed E-state index contributed by atoms with van der Waals surface area (Å²) in [4.78, 5) is 26.8. The number of hydrogen-bond acceptors (Lipinski definition) is 5. The van der Waals surface area contributed by atoms with Gasteiger partial charge in [-0.15, -0.1) is 0 Å². The number of fused-ring (bicyclic) bond motifs is 1. The Morgan fingerprint density at radius 1 is 1.03 bits per heavy atom. The van der Waals surface area contributed by atoms with E-state index in [9.17, 15) is 4.79 Å². The molecular formula is C21H23B4N5O2. The van der Waals surface area contributed by atoms with E-state index in [2.05, 4.69) is 15.3 Å². The van der Waals surface area contributed by atoms with Crippen molar-refractivity contribution >= 4 is 75.9 Å². The average Bonchev–Trinajstić information content (AvgIpc) is 3.11. The highest BCUT2D eigenvalue weighted by Gasteiger charge is 2.20. The molecule has 0 atom stereocenters. The second-order valence-corrected chi connectivity index (χ2v) is 8.07. The van der Waals surface area contributed by atoms with Crippen LogP contribution in [-0.2, 0) is 7.05 Å². The van der Waals surface area contributed by atoms with Crippen LogP contribution in [0.3, 0.4) is 0 Å². The molecule has 0 radical (unpaired) electrons. The third-order valence-electron chi connectivity index (χ3n) is 6.29. The zero-order chi connectivity index (χ0) is 23.2. The van der Waals surface area contributed by atoms with Gasteiger partial charge in [-0.05, 0) is 19.1 Å². The van der Waals surface area contributed by atoms with Gasteiger partial charge in [0.05, 0.1) is 30.2 Å². The molecule has 0 spiro atoms. The van der Waals surface area contributed by atoms with E-state index < -0.39 is 0 Å². The van der Waals surface area contributed by atoms with E-state index in [0.717, 1.165) is 55.7 Å². The summed E-state index contributed by atoms with van der Waals surface area (Å²) in [5.74, 6) is 2.00. The molecular weight excluding hydrogens is 398 g/mol. The van der Waals surface area contributed by atoms with Crippen molar-refractivity contribution in [2.24, 2.45) is 7.05 Å². The molecule has 0 bridgehead atoms. The largest absolute Gasteiger partial charge is 0.498 e. The summed E-state index contributed by atoms with van der Waals surface area (Å²) in [5.41, 5.74) is 6.87. The Balaban J connectivity index is 1.71. The number of benzene rings is 1. The van der Waals surface area contributed by atoms with Gasteiger partial charge in [-0.25, -0.2) is 15.0 Å². The Morgan fingerprint density at radius 3 is 2.31 bits per heavy atom. The van der Waals surface area contributed by atoms with Gasteiger partial charge in [0, 0.05) is 30.3 Å². The second kappa shape index (κ2) is 8.22. The summed E-state index contributed by atoms with van der Waals surface area (Å²) in [7, 11) is 11.4. The van der Waals surface area contributed by atoms with Gasteiger partial charge < -0.3 is 14.6 Å². The highest BCUT2D eigenvalue weighted by atomic mass is 16.5. The molecule has 0 saturated carbocycles. The maximum absolute atomic E-state index is 13.2. The number of anilines is 1. The second-order valence-electron chi connectivity index (χ2n) is 8.07. The van der Waals surface area contributed by atoms with Gasteiger partial charge >= 0.3 is 0 Å². The molecule has 1 aromatic carbocycles. The molecule has 11 heteroatoms. The maximum Gasteiger partial charge on any atom is 0.255 e. The molecule has 32 heavy (non-hydrogen) atoms. The van der Waals surface area contributed by atoms with Crippen molar-refractivity contribution < 1.29 is 9.53 Å². The van der Waals surface area contributed by atoms with Gasteiger partial charge in [0.15, 0.2) is 0 Å². The van der Waals surface area contributed by atoms with Crippen LogP contribution in [0.1, 0.15) is 16.2 Å². The molecule has 0 saturated heterocycles. The fourth-order valence-electron chi connectivity index (χ4n) is 4.07. The van der Waals surface area contributed by atoms with Gasteiger partial charge in [-0.3, -0.25) is 4.79 Å². The minimum Gasteiger partial charge on any atom is -0.498 e. The van der Waals surface area contributed by atoms with Crippen molar-refractivity contribution in [3.05, 3.63) is 42.0 Å². The maximum atomic E-state index is 13.2. The summed E-state index contributed by atoms with van der Waals surface area (Å²) in [6.07, 6.45) is 3.54. The Labute approximate surface area is 190 Å². The first-order valence-electron chi connectivity index (χ1n) is 10.4. The van der Waals surface area contributed by atoms with Crippen LogP contribution < -0.4 is 31.9 Å². The van der Waals surface area contributed by atoms with E-state index in [4.69, 9.17) is 9.72 Å². The molecule has 0 aliphatic carbocycles. The molecule has 1 amide bonds. The molecule has 3 aromatic heterocycles. The number of carbonyl (C=O) groups excluding carboxylic acids is 1. The fourth-order valence-corrected chi connectivity index (χ4v) is 4.07. The Hall–Kier alpha value is -3.48. The topological polar surface area (TPSA) is 81.9 Å². The van der Waals surface area contributed by atoms with E-state index in [1.807, 2.05) is 68.3 Å². The number of aryl methyl sites for hydroxylation is 1. The Morgan fingerprint density at radius 2 is 1.72 bits per heavy atom. The van der Waals surface area contributed by atoms with Crippen LogP contribution in [0.4, 0.5) is 5.82 Å². The molecule has 4 aromatic rings. The number of carbonyl (C=O) groups is 1. The molecule has 3 heterocycles. The van der Waals surface area contributed by atoms with E-state index in [1.54, 1.807) is 19.4 Å². The number of nitrogens with one attached hydrogen (secondary N) is 1. The number of rotatable bonds is 4. The van der Waals surface area contributed by atoms with Gasteiger partial charge in [-0.1, -0.05) is 21.9 Å². The lowest BCUT2D eigenvalue weighted by Crippen LogP contribution is -2.47. The monoisotopic (exact) mass is 421 g/mol. The zero-order valence-corrected chi connectivity index (χ0v) is 19.5. The van der Waals surface area contributed by atoms with Gasteiger partial charge in [0.25, 0.3) is 5.91 Å². The summed E-state index contributed by atoms with van der Waals surface area (Å²) in [6, 6.07) is 5.73. The minimum atomic E-state index is -0.195. The van der Waals surface area contributed by atoms with Crippen molar-refractivity contribution in [2.75, 3.05) is 12.4 Å². The summed E-state index contributed by atoms with van der Waals surface area (Å²) in [5, 5.41) is 3.85. The van der Waals surface area contributed by atoms with Crippen LogP contribution in [-0.4, -0.2) is 63.9 Å². The molecule has 1 N–H and O–H groups in total. The van der Waals surface area contributed by atoms with Crippen molar-refractivity contribution in [2.45, 2.75) is 6.92 Å². The van der Waals surface area contributed by atoms with Gasteiger partial charge in [0.2, 0.25) is 0 Å². The van der Waals surface area contributed by atoms with Crippen LogP contribution in [0, 0.1) is 6.92 Å². The SMILES string of the molecule is Bc1c(B)c(C(=O)Nc2cc3nc(-c4cnc(C)n4C)ccc3cn2)c(B)c(B)c1OC. The Kier molecular flexibility index (Phi) is 5.59. The molecule has 4 rings (SSSR count). The first kappa shape index (κ1) is 21.7. The predicted octanol–water partition coefficient (Wildman–Crippen LogP) is -3.37. The van der Waals surface area contributed by atoms with Crippen LogP contribution in [0.25, 0.3) is 22.3 Å². The smallest absolute Gasteiger partial charge is 0.255 e. The van der Waals surface area contributed by atoms with E-state index in [0.29, 0.717) is 11.4 Å². The normalized spacial score (nSPS) is 11.0. The summed E-state index contributed by atoms with van der Waals surface area (Å²) < 4.78 is 7.54. The Bertz CT molecular complexity index is 1360. The third-order valence-corrected chi connectivity index (χ3v) is 6.29. The number of hydrogen-bond donors (Lipinski definition) is 1. The van der Waals surface area contributed by atoms with Crippen LogP contribution in [0.15, 0.2) is 30.6 Å². The number of pyridine rings is 2. The average molecular weight is 421 g/mol. The quantitative estimate of drug-likeness (QED) is 0.349. The summed E-state index contributed by atoms with van der Waals surface area (Å²) >= 11 is 0. The lowest BCUT2D eigenvalue weighted by molar-refractivity contribution is 0.102. The lowest BCUT2D eigenvalue weighted by Gasteiger charge is -2.20. The van der Waals surface area contributed by atoms with Crippen molar-refractivity contribution in [3.63, 3.8) is 0 Å². The number of imidazole rings is 1. The standard InChI is InChI=1S/C21H23B4N5O2/c1-9-26-8-13(30(9)2)11-5-4-10-7-27-14(6-12(10)28-11)29-21(31)15-16(22)18(24)20(32-3)19(25)17(15)23/h4-8H,22-25H2,1-3H3,(H,27,29,31). The van der Waals surface area contributed by atoms with E-state index in [-0.39, 0.29) is 5.91 Å². The van der Waals surface area contributed by atoms with Crippen molar-refractivity contribution in [1.82, 2.24) is 19.5 Å². The molecule has 0 aliphatic heterocycles. The van der Waals surface area contributed by atoms with Crippen LogP contribution >= 0.6 is 0 Å². The minimum absolute atomic E-state index is 0.195. The molecule has 156 valence electrons. The predicted molar refractivity (Wildman–Crippen MR) is 140 cm³/mol. The number of amides is 1. The molecule has 7 nitrogen and oxygen atoms in total. The first-order valence-corrected chi connectivity index (χ1v) is 10.4. The number of ether oxygens (including phenoxy) is 1.